The molecular formula is C27H34ClF2N7O6. The van der Waals surface area contributed by atoms with E-state index in [4.69, 9.17) is 25.8 Å². The maximum atomic E-state index is 14.6. The Morgan fingerprint density at radius 2 is 1.91 bits per heavy atom. The van der Waals surface area contributed by atoms with Crippen molar-refractivity contribution in [2.75, 3.05) is 13.7 Å². The number of aromatic nitrogens is 6. The Hall–Kier alpha value is -3.24. The molecule has 1 saturated heterocycles. The average Bonchev–Trinajstić information content (AvgIpc) is 3.58. The largest absolute Gasteiger partial charge is 0.446 e. The van der Waals surface area contributed by atoms with Crippen LogP contribution in [0.3, 0.4) is 0 Å². The molecule has 43 heavy (non-hydrogen) atoms. The number of carbonyl (C=O) groups excluding carboxylic acids is 1. The summed E-state index contributed by atoms with van der Waals surface area (Å²) in [5, 5.41) is 39.9. The second kappa shape index (κ2) is 12.4. The first-order valence-corrected chi connectivity index (χ1v) is 14.2. The number of halogens is 3. The fourth-order valence-electron chi connectivity index (χ4n) is 5.35. The van der Waals surface area contributed by atoms with Crippen molar-refractivity contribution in [1.82, 2.24) is 35.3 Å². The van der Waals surface area contributed by atoms with Crippen molar-refractivity contribution >= 4 is 17.7 Å². The van der Waals surface area contributed by atoms with Gasteiger partial charge in [0.2, 0.25) is 0 Å². The first-order chi connectivity index (χ1) is 20.4. The fourth-order valence-corrected chi connectivity index (χ4v) is 5.49. The van der Waals surface area contributed by atoms with Crippen LogP contribution >= 0.6 is 11.6 Å². The summed E-state index contributed by atoms with van der Waals surface area (Å²) in [6, 6.07) is 1.58. The molecule has 1 aliphatic carbocycles. The Morgan fingerprint density at radius 3 is 2.58 bits per heavy atom. The van der Waals surface area contributed by atoms with Crippen molar-refractivity contribution < 1.29 is 38.0 Å². The number of carbonyl (C=O) groups is 1. The van der Waals surface area contributed by atoms with Gasteiger partial charge in [0.1, 0.15) is 42.3 Å². The van der Waals surface area contributed by atoms with Gasteiger partial charge in [-0.15, -0.1) is 10.2 Å². The molecule has 0 unspecified atom stereocenters. The van der Waals surface area contributed by atoms with Gasteiger partial charge in [-0.25, -0.2) is 22.9 Å². The lowest BCUT2D eigenvalue weighted by molar-refractivity contribution is -0.216. The Balaban J connectivity index is 1.28. The summed E-state index contributed by atoms with van der Waals surface area (Å²) in [7, 11) is 1.43. The van der Waals surface area contributed by atoms with E-state index in [1.165, 1.54) is 30.1 Å². The van der Waals surface area contributed by atoms with Gasteiger partial charge in [0.05, 0.1) is 30.1 Å². The number of amides is 1. The number of nitrogens with one attached hydrogen (secondary N) is 1. The van der Waals surface area contributed by atoms with Gasteiger partial charge in [-0.2, -0.15) is 0 Å². The Labute approximate surface area is 251 Å². The standard InChI is InChI=1S/C27H34ClF2N7O6/c1-27(2,3)31-26(40)42-14-7-13(8-14)17-9-36(34-32-17)11-19-25(41-4)23(24(39)20(12-38)43-19)37-10-18(33-35-37)15-5-6-16(28)22(30)21(15)29/h5-6,9-10,13-14,19-20,23-25,38-39H,7-8,11-12H2,1-4H3,(H,31,40)/t13?,14?,19-,20-,23+,24+,25+/m1/s1. The van der Waals surface area contributed by atoms with Crippen molar-refractivity contribution in [3.8, 4) is 11.3 Å². The number of rotatable bonds is 8. The molecule has 5 rings (SSSR count). The van der Waals surface area contributed by atoms with E-state index in [1.807, 2.05) is 20.8 Å². The van der Waals surface area contributed by atoms with Crippen LogP contribution in [0.5, 0.6) is 0 Å². The minimum atomic E-state index is -1.28. The monoisotopic (exact) mass is 625 g/mol. The summed E-state index contributed by atoms with van der Waals surface area (Å²) in [5.74, 6) is -2.32. The molecule has 0 radical (unpaired) electrons. The lowest BCUT2D eigenvalue weighted by Crippen LogP contribution is -2.57. The molecule has 5 atom stereocenters. The summed E-state index contributed by atoms with van der Waals surface area (Å²) >= 11 is 5.67. The number of aliphatic hydroxyl groups excluding tert-OH is 2. The minimum Gasteiger partial charge on any atom is -0.446 e. The van der Waals surface area contributed by atoms with Crippen molar-refractivity contribution in [2.24, 2.45) is 0 Å². The maximum absolute atomic E-state index is 14.6. The van der Waals surface area contributed by atoms with Gasteiger partial charge >= 0.3 is 6.09 Å². The third-order valence-electron chi connectivity index (χ3n) is 7.55. The number of hydrogen-bond acceptors (Lipinski definition) is 10. The molecule has 2 fully saturated rings. The highest BCUT2D eigenvalue weighted by Crippen LogP contribution is 2.38. The highest BCUT2D eigenvalue weighted by Gasteiger charge is 2.47. The Bertz CT molecular complexity index is 1440. The third kappa shape index (κ3) is 6.65. The molecule has 2 aromatic heterocycles. The number of ether oxygens (including phenoxy) is 3. The molecule has 3 heterocycles. The van der Waals surface area contributed by atoms with Gasteiger partial charge < -0.3 is 29.7 Å². The minimum absolute atomic E-state index is 0.0123. The molecule has 1 aromatic carbocycles. The van der Waals surface area contributed by atoms with E-state index in [-0.39, 0.29) is 34.8 Å². The van der Waals surface area contributed by atoms with Crippen LogP contribution in [-0.4, -0.2) is 96.1 Å². The highest BCUT2D eigenvalue weighted by atomic mass is 35.5. The SMILES string of the molecule is CO[C@@H]1[C@@H](n2cc(-c3ccc(Cl)c(F)c3F)nn2)[C@@H](O)[C@@H](CO)O[C@@H]1Cn1cc(C2CC(OC(=O)NC(C)(C)C)C2)nn1. The van der Waals surface area contributed by atoms with E-state index < -0.39 is 60.3 Å². The second-order valence-electron chi connectivity index (χ2n) is 11.8. The molecule has 3 aromatic rings. The normalized spacial score (nSPS) is 27.5. The molecule has 16 heteroatoms. The van der Waals surface area contributed by atoms with Gasteiger partial charge in [0.25, 0.3) is 0 Å². The predicted molar refractivity (Wildman–Crippen MR) is 147 cm³/mol. The predicted octanol–water partition coefficient (Wildman–Crippen LogP) is 2.62. The number of alkyl carbamates (subject to hydrolysis) is 1. The number of benzene rings is 1. The number of methoxy groups -OCH3 is 1. The van der Waals surface area contributed by atoms with Crippen LogP contribution in [-0.2, 0) is 20.8 Å². The molecule has 0 spiro atoms. The van der Waals surface area contributed by atoms with Crippen molar-refractivity contribution in [3.63, 3.8) is 0 Å². The summed E-state index contributed by atoms with van der Waals surface area (Å²) in [6.45, 7) is 5.28. The van der Waals surface area contributed by atoms with Crippen LogP contribution in [0.2, 0.25) is 5.02 Å². The van der Waals surface area contributed by atoms with E-state index in [0.29, 0.717) is 12.8 Å². The maximum Gasteiger partial charge on any atom is 0.407 e. The summed E-state index contributed by atoms with van der Waals surface area (Å²) in [4.78, 5) is 12.0. The van der Waals surface area contributed by atoms with Crippen LogP contribution in [0.25, 0.3) is 11.3 Å². The van der Waals surface area contributed by atoms with Gasteiger partial charge in [-0.3, -0.25) is 0 Å². The van der Waals surface area contributed by atoms with Crippen molar-refractivity contribution in [1.29, 1.82) is 0 Å². The molecule has 234 valence electrons. The van der Waals surface area contributed by atoms with E-state index in [1.54, 1.807) is 10.9 Å². The van der Waals surface area contributed by atoms with Gasteiger partial charge in [0, 0.05) is 30.3 Å². The quantitative estimate of drug-likeness (QED) is 0.318. The van der Waals surface area contributed by atoms with Gasteiger partial charge in [-0.05, 0) is 45.7 Å². The number of nitrogens with zero attached hydrogens (tertiary/aromatic N) is 6. The van der Waals surface area contributed by atoms with Gasteiger partial charge in [-0.1, -0.05) is 22.0 Å². The molecule has 3 N–H and O–H groups in total. The Morgan fingerprint density at radius 1 is 1.16 bits per heavy atom. The molecule has 2 aliphatic rings. The van der Waals surface area contributed by atoms with Crippen LogP contribution in [0.15, 0.2) is 24.5 Å². The molecule has 1 aliphatic heterocycles. The highest BCUT2D eigenvalue weighted by molar-refractivity contribution is 6.30. The summed E-state index contributed by atoms with van der Waals surface area (Å²) in [5.41, 5.74) is 0.193. The van der Waals surface area contributed by atoms with E-state index in [9.17, 15) is 23.8 Å². The number of aliphatic hydroxyl groups is 2. The Kier molecular flexibility index (Phi) is 9.00. The molecule has 1 amide bonds. The first-order valence-electron chi connectivity index (χ1n) is 13.8. The van der Waals surface area contributed by atoms with Gasteiger partial charge in [0.15, 0.2) is 11.6 Å². The van der Waals surface area contributed by atoms with Crippen LogP contribution in [0.4, 0.5) is 13.6 Å². The van der Waals surface area contributed by atoms with Crippen LogP contribution in [0.1, 0.15) is 51.3 Å². The zero-order chi connectivity index (χ0) is 31.1. The fraction of sp³-hybridized carbons (Fsp3) is 0.593. The second-order valence-corrected chi connectivity index (χ2v) is 12.2. The smallest absolute Gasteiger partial charge is 0.407 e. The molecule has 13 nitrogen and oxygen atoms in total. The molecule has 0 bridgehead atoms. The van der Waals surface area contributed by atoms with Crippen LogP contribution < -0.4 is 5.32 Å². The zero-order valence-corrected chi connectivity index (χ0v) is 24.8. The van der Waals surface area contributed by atoms with E-state index in [0.717, 1.165) is 5.69 Å². The number of hydrogen-bond donors (Lipinski definition) is 3. The third-order valence-corrected chi connectivity index (χ3v) is 7.84. The van der Waals surface area contributed by atoms with Crippen LogP contribution in [0, 0.1) is 11.6 Å². The summed E-state index contributed by atoms with van der Waals surface area (Å²) < 4.78 is 48.7. The molecular weight excluding hydrogens is 592 g/mol. The van der Waals surface area contributed by atoms with Crippen molar-refractivity contribution in [2.45, 2.75) is 88.2 Å². The van der Waals surface area contributed by atoms with Crippen molar-refractivity contribution in [3.05, 3.63) is 46.9 Å². The topological polar surface area (TPSA) is 159 Å². The first kappa shape index (κ1) is 31.2. The summed E-state index contributed by atoms with van der Waals surface area (Å²) in [6.07, 6.45) is -0.134. The zero-order valence-electron chi connectivity index (χ0n) is 24.0. The lowest BCUT2D eigenvalue weighted by atomic mass is 9.80. The average molecular weight is 626 g/mol. The van der Waals surface area contributed by atoms with E-state index >= 15 is 0 Å². The lowest BCUT2D eigenvalue weighted by Gasteiger charge is -2.43. The molecule has 1 saturated carbocycles. The van der Waals surface area contributed by atoms with E-state index in [2.05, 4.69) is 25.9 Å².